The summed E-state index contributed by atoms with van der Waals surface area (Å²) in [5.41, 5.74) is 5.64. The second-order valence-electron chi connectivity index (χ2n) is 7.42. The number of hydrogen-bond acceptors (Lipinski definition) is 5. The van der Waals surface area contributed by atoms with E-state index in [0.717, 1.165) is 38.5 Å². The summed E-state index contributed by atoms with van der Waals surface area (Å²) in [7, 11) is 1.72. The molecule has 1 unspecified atom stereocenters. The molecule has 0 aromatic heterocycles. The van der Waals surface area contributed by atoms with E-state index in [-0.39, 0.29) is 0 Å². The predicted octanol–water partition coefficient (Wildman–Crippen LogP) is 8.56. The van der Waals surface area contributed by atoms with E-state index >= 15 is 0 Å². The Morgan fingerprint density at radius 3 is 1.47 bits per heavy atom. The fraction of sp³-hybridized carbons (Fsp3) is 0.652. The minimum absolute atomic E-state index is 0.446. The zero-order valence-corrected chi connectivity index (χ0v) is 22.0. The molecule has 0 rings (SSSR count). The van der Waals surface area contributed by atoms with Crippen LogP contribution in [0.4, 0.5) is 0 Å². The number of hydrogen-bond donors (Lipinski definition) is 0. The van der Waals surface area contributed by atoms with Gasteiger partial charge in [0.2, 0.25) is 0 Å². The van der Waals surface area contributed by atoms with E-state index in [1.165, 1.54) is 36.5 Å². The Morgan fingerprint density at radius 1 is 0.600 bits per heavy atom. The number of allylic oxidation sites excluding steroid dienone is 7. The molecule has 0 bridgehead atoms. The van der Waals surface area contributed by atoms with Crippen LogP contribution in [0.1, 0.15) is 73.1 Å². The average Bonchev–Trinajstić information content (AvgIpc) is 2.70. The van der Waals surface area contributed by atoms with Crippen LogP contribution in [0.5, 0.6) is 0 Å². The second kappa shape index (κ2) is 19.3. The van der Waals surface area contributed by atoms with Crippen molar-refractivity contribution < 1.29 is 22.4 Å². The van der Waals surface area contributed by atoms with E-state index in [4.69, 9.17) is 22.4 Å². The van der Waals surface area contributed by atoms with E-state index in [9.17, 15) is 0 Å². The third-order valence-electron chi connectivity index (χ3n) is 4.35. The first-order chi connectivity index (χ1) is 14.3. The summed E-state index contributed by atoms with van der Waals surface area (Å²) < 4.78 is 26.4. The van der Waals surface area contributed by atoms with Crippen LogP contribution >= 0.6 is 17.2 Å². The van der Waals surface area contributed by atoms with Gasteiger partial charge in [0.25, 0.3) is 0 Å². The molecule has 1 atom stereocenters. The van der Waals surface area contributed by atoms with Gasteiger partial charge in [-0.05, 0) is 73.1 Å². The molecule has 0 saturated heterocycles. The standard InChI is InChI=1S/C23H42O5P2/c1-20(2)12-9-13-21(3)14-10-15-22(4)16-11-17-23(5)18-19-27-30(26-8)28-29(24-6)25-7/h12,14,16,18H,9-11,13,15,17,19H2,1-8H3/b21-14+,22-16+,23-18+. The SMILES string of the molecule is COP(OC)OP(OC)OC/C=C(\C)CC/C=C(\C)CC/C=C(\C)CCC=C(C)C. The summed E-state index contributed by atoms with van der Waals surface area (Å²) >= 11 is 0. The fourth-order valence-electron chi connectivity index (χ4n) is 2.53. The summed E-state index contributed by atoms with van der Waals surface area (Å²) in [5, 5.41) is 0. The van der Waals surface area contributed by atoms with Gasteiger partial charge in [0.1, 0.15) is 0 Å². The third kappa shape index (κ3) is 17.3. The smallest absolute Gasteiger partial charge is 0.315 e. The largest absolute Gasteiger partial charge is 0.339 e. The Morgan fingerprint density at radius 2 is 1.03 bits per heavy atom. The summed E-state index contributed by atoms with van der Waals surface area (Å²) in [6.45, 7) is 11.3. The zero-order valence-electron chi connectivity index (χ0n) is 20.2. The van der Waals surface area contributed by atoms with E-state index in [0.29, 0.717) is 6.61 Å². The molecule has 30 heavy (non-hydrogen) atoms. The molecule has 5 nitrogen and oxygen atoms in total. The van der Waals surface area contributed by atoms with Crippen LogP contribution in [0.15, 0.2) is 46.6 Å². The topological polar surface area (TPSA) is 46.2 Å². The molecule has 0 radical (unpaired) electrons. The van der Waals surface area contributed by atoms with E-state index in [2.05, 4.69) is 58.9 Å². The highest BCUT2D eigenvalue weighted by Crippen LogP contribution is 2.54. The average molecular weight is 461 g/mol. The first kappa shape index (κ1) is 29.6. The third-order valence-corrected chi connectivity index (χ3v) is 6.67. The molecule has 7 heteroatoms. The van der Waals surface area contributed by atoms with Crippen molar-refractivity contribution in [2.24, 2.45) is 0 Å². The maximum Gasteiger partial charge on any atom is 0.339 e. The first-order valence-corrected chi connectivity index (χ1v) is 12.6. The lowest BCUT2D eigenvalue weighted by atomic mass is 10.0. The summed E-state index contributed by atoms with van der Waals surface area (Å²) in [5.74, 6) is 0. The van der Waals surface area contributed by atoms with Gasteiger partial charge in [0.05, 0.1) is 6.61 Å². The Bertz CT molecular complexity index is 562. The first-order valence-electron chi connectivity index (χ1n) is 10.5. The molecule has 0 amide bonds. The van der Waals surface area contributed by atoms with Gasteiger partial charge >= 0.3 is 17.2 Å². The van der Waals surface area contributed by atoms with Crippen molar-refractivity contribution in [3.8, 4) is 0 Å². The van der Waals surface area contributed by atoms with Crippen LogP contribution in [0.2, 0.25) is 0 Å². The Balaban J connectivity index is 4.14. The molecular weight excluding hydrogens is 418 g/mol. The highest BCUT2D eigenvalue weighted by Gasteiger charge is 2.19. The minimum Gasteiger partial charge on any atom is -0.315 e. The van der Waals surface area contributed by atoms with Crippen LogP contribution in [0.3, 0.4) is 0 Å². The van der Waals surface area contributed by atoms with Crippen molar-refractivity contribution in [1.82, 2.24) is 0 Å². The second-order valence-corrected chi connectivity index (χ2v) is 10.3. The van der Waals surface area contributed by atoms with Crippen molar-refractivity contribution >= 4 is 17.2 Å². The highest BCUT2D eigenvalue weighted by molar-refractivity contribution is 7.55. The molecule has 174 valence electrons. The maximum atomic E-state index is 5.61. The Labute approximate surface area is 187 Å². The van der Waals surface area contributed by atoms with E-state index in [1.54, 1.807) is 7.11 Å². The summed E-state index contributed by atoms with van der Waals surface area (Å²) in [6.07, 6.45) is 15.7. The summed E-state index contributed by atoms with van der Waals surface area (Å²) in [6, 6.07) is 0. The molecule has 0 aromatic carbocycles. The summed E-state index contributed by atoms with van der Waals surface area (Å²) in [4.78, 5) is 0. The molecule has 0 N–H and O–H groups in total. The molecule has 0 aliphatic heterocycles. The predicted molar refractivity (Wildman–Crippen MR) is 130 cm³/mol. The Hall–Kier alpha value is -0.380. The van der Waals surface area contributed by atoms with Crippen molar-refractivity contribution in [2.75, 3.05) is 27.9 Å². The zero-order chi connectivity index (χ0) is 22.8. The van der Waals surface area contributed by atoms with Gasteiger partial charge in [-0.2, -0.15) is 0 Å². The monoisotopic (exact) mass is 460 g/mol. The molecule has 0 aliphatic carbocycles. The van der Waals surface area contributed by atoms with Crippen molar-refractivity contribution in [2.45, 2.75) is 73.1 Å². The van der Waals surface area contributed by atoms with E-state index < -0.39 is 17.2 Å². The maximum absolute atomic E-state index is 5.61. The van der Waals surface area contributed by atoms with Gasteiger partial charge in [0, 0.05) is 21.3 Å². The molecule has 0 heterocycles. The van der Waals surface area contributed by atoms with E-state index in [1.807, 2.05) is 0 Å². The molecule has 0 aliphatic rings. The van der Waals surface area contributed by atoms with Crippen molar-refractivity contribution in [3.05, 3.63) is 46.6 Å². The molecule has 0 saturated carbocycles. The van der Waals surface area contributed by atoms with Gasteiger partial charge in [-0.1, -0.05) is 46.6 Å². The highest BCUT2D eigenvalue weighted by atomic mass is 31.2. The normalized spacial score (nSPS) is 14.4. The fourth-order valence-corrected chi connectivity index (χ4v) is 4.41. The van der Waals surface area contributed by atoms with Gasteiger partial charge in [-0.3, -0.25) is 0 Å². The number of rotatable bonds is 17. The van der Waals surface area contributed by atoms with Gasteiger partial charge < -0.3 is 18.1 Å². The lowest BCUT2D eigenvalue weighted by Crippen LogP contribution is -1.93. The minimum atomic E-state index is -1.47. The van der Waals surface area contributed by atoms with Crippen LogP contribution < -0.4 is 0 Å². The molecule has 0 aromatic rings. The van der Waals surface area contributed by atoms with Crippen LogP contribution in [0.25, 0.3) is 0 Å². The van der Waals surface area contributed by atoms with Gasteiger partial charge in [0.15, 0.2) is 0 Å². The van der Waals surface area contributed by atoms with Crippen LogP contribution in [-0.2, 0) is 22.4 Å². The van der Waals surface area contributed by atoms with Crippen molar-refractivity contribution in [3.63, 3.8) is 0 Å². The van der Waals surface area contributed by atoms with Crippen LogP contribution in [0, 0.1) is 0 Å². The van der Waals surface area contributed by atoms with Gasteiger partial charge in [-0.25, -0.2) is 4.31 Å². The van der Waals surface area contributed by atoms with Crippen molar-refractivity contribution in [1.29, 1.82) is 0 Å². The lowest BCUT2D eigenvalue weighted by Gasteiger charge is -2.17. The molecule has 0 fully saturated rings. The Kier molecular flexibility index (Phi) is 19.1. The quantitative estimate of drug-likeness (QED) is 0.161. The molecule has 0 spiro atoms. The van der Waals surface area contributed by atoms with Crippen LogP contribution in [-0.4, -0.2) is 27.9 Å². The molecular formula is C23H42O5P2. The van der Waals surface area contributed by atoms with Gasteiger partial charge in [-0.15, -0.1) is 0 Å². The lowest BCUT2D eigenvalue weighted by molar-refractivity contribution is 0.220.